The van der Waals surface area contributed by atoms with Crippen LogP contribution in [0.25, 0.3) is 11.5 Å². The maximum atomic E-state index is 11.2. The Labute approximate surface area is 122 Å². The van der Waals surface area contributed by atoms with Gasteiger partial charge in [0.2, 0.25) is 5.89 Å². The minimum absolute atomic E-state index is 0.185. The average molecular weight is 291 g/mol. The molecule has 0 amide bonds. The maximum absolute atomic E-state index is 11.2. The summed E-state index contributed by atoms with van der Waals surface area (Å²) in [4.78, 5) is 15.6. The highest BCUT2D eigenvalue weighted by Crippen LogP contribution is 2.23. The molecule has 0 saturated heterocycles. The SMILES string of the molecule is COC(=O)CC(C)SCc1coc(-c2ccccc2)n1. The van der Waals surface area contributed by atoms with Crippen LogP contribution in [0.4, 0.5) is 0 Å². The van der Waals surface area contributed by atoms with E-state index in [1.54, 1.807) is 18.0 Å². The van der Waals surface area contributed by atoms with Crippen molar-refractivity contribution >= 4 is 17.7 Å². The molecule has 4 nitrogen and oxygen atoms in total. The summed E-state index contributed by atoms with van der Waals surface area (Å²) >= 11 is 1.66. The summed E-state index contributed by atoms with van der Waals surface area (Å²) in [5, 5.41) is 0.194. The summed E-state index contributed by atoms with van der Waals surface area (Å²) in [6.07, 6.45) is 2.07. The number of oxazole rings is 1. The van der Waals surface area contributed by atoms with Crippen LogP contribution >= 0.6 is 11.8 Å². The van der Waals surface area contributed by atoms with Crippen LogP contribution in [-0.4, -0.2) is 23.3 Å². The van der Waals surface area contributed by atoms with Crippen LogP contribution in [0.15, 0.2) is 41.0 Å². The molecular weight excluding hydrogens is 274 g/mol. The number of thioether (sulfide) groups is 1. The van der Waals surface area contributed by atoms with Crippen molar-refractivity contribution in [3.05, 3.63) is 42.3 Å². The van der Waals surface area contributed by atoms with Crippen LogP contribution in [-0.2, 0) is 15.3 Å². The Bertz CT molecular complexity index is 553. The van der Waals surface area contributed by atoms with E-state index >= 15 is 0 Å². The summed E-state index contributed by atoms with van der Waals surface area (Å²) in [6.45, 7) is 2.00. The number of esters is 1. The number of nitrogens with zero attached hydrogens (tertiary/aromatic N) is 1. The standard InChI is InChI=1S/C15H17NO3S/c1-11(8-14(17)18-2)20-10-13-9-19-15(16-13)12-6-4-3-5-7-12/h3-7,9,11H,8,10H2,1-2H3. The molecule has 0 aliphatic carbocycles. The Kier molecular flexibility index (Phi) is 5.24. The fourth-order valence-corrected chi connectivity index (χ4v) is 2.53. The monoisotopic (exact) mass is 291 g/mol. The Morgan fingerprint density at radius 1 is 1.40 bits per heavy atom. The van der Waals surface area contributed by atoms with Crippen molar-refractivity contribution in [3.8, 4) is 11.5 Å². The third-order valence-corrected chi connectivity index (χ3v) is 3.97. The van der Waals surface area contributed by atoms with E-state index in [-0.39, 0.29) is 11.2 Å². The highest BCUT2D eigenvalue weighted by atomic mass is 32.2. The van der Waals surface area contributed by atoms with Crippen LogP contribution in [0.5, 0.6) is 0 Å². The molecule has 0 saturated carbocycles. The van der Waals surface area contributed by atoms with Crippen molar-refractivity contribution in [3.63, 3.8) is 0 Å². The van der Waals surface area contributed by atoms with E-state index < -0.39 is 0 Å². The second kappa shape index (κ2) is 7.14. The molecule has 0 spiro atoms. The molecule has 5 heteroatoms. The normalized spacial score (nSPS) is 12.1. The largest absolute Gasteiger partial charge is 0.469 e. The molecule has 1 unspecified atom stereocenters. The lowest BCUT2D eigenvalue weighted by molar-refractivity contribution is -0.140. The van der Waals surface area contributed by atoms with Crippen LogP contribution in [0.2, 0.25) is 0 Å². The number of hydrogen-bond donors (Lipinski definition) is 0. The van der Waals surface area contributed by atoms with E-state index in [4.69, 9.17) is 4.42 Å². The fraction of sp³-hybridized carbons (Fsp3) is 0.333. The van der Waals surface area contributed by atoms with Gasteiger partial charge in [-0.3, -0.25) is 4.79 Å². The minimum Gasteiger partial charge on any atom is -0.469 e. The molecule has 0 N–H and O–H groups in total. The molecule has 0 bridgehead atoms. The second-order valence-corrected chi connectivity index (χ2v) is 5.84. The third-order valence-electron chi connectivity index (χ3n) is 2.77. The van der Waals surface area contributed by atoms with Gasteiger partial charge in [0.25, 0.3) is 0 Å². The lowest BCUT2D eigenvalue weighted by Gasteiger charge is -2.07. The number of rotatable bonds is 6. The second-order valence-electron chi connectivity index (χ2n) is 4.41. The molecule has 1 aromatic heterocycles. The van der Waals surface area contributed by atoms with Gasteiger partial charge in [-0.05, 0) is 12.1 Å². The van der Waals surface area contributed by atoms with Gasteiger partial charge < -0.3 is 9.15 Å². The van der Waals surface area contributed by atoms with Gasteiger partial charge in [-0.1, -0.05) is 25.1 Å². The lowest BCUT2D eigenvalue weighted by Crippen LogP contribution is -2.08. The first-order chi connectivity index (χ1) is 9.69. The van der Waals surface area contributed by atoms with Gasteiger partial charge in [0.05, 0.1) is 19.2 Å². The van der Waals surface area contributed by atoms with Gasteiger partial charge in [-0.2, -0.15) is 11.8 Å². The fourth-order valence-electron chi connectivity index (χ4n) is 1.69. The molecule has 0 fully saturated rings. The predicted molar refractivity (Wildman–Crippen MR) is 79.3 cm³/mol. The first-order valence-corrected chi connectivity index (χ1v) is 7.42. The van der Waals surface area contributed by atoms with Gasteiger partial charge in [0.15, 0.2) is 0 Å². The number of ether oxygens (including phenoxy) is 1. The van der Waals surface area contributed by atoms with Crippen LogP contribution < -0.4 is 0 Å². The van der Waals surface area contributed by atoms with Crippen molar-refractivity contribution in [1.29, 1.82) is 0 Å². The van der Waals surface area contributed by atoms with Crippen LogP contribution in [0, 0.1) is 0 Å². The van der Waals surface area contributed by atoms with Crippen molar-refractivity contribution < 1.29 is 13.9 Å². The summed E-state index contributed by atoms with van der Waals surface area (Å²) in [7, 11) is 1.41. The first-order valence-electron chi connectivity index (χ1n) is 6.37. The van der Waals surface area contributed by atoms with Crippen molar-refractivity contribution in [2.45, 2.75) is 24.3 Å². The summed E-state index contributed by atoms with van der Waals surface area (Å²) in [5.41, 5.74) is 1.84. The number of carbonyl (C=O) groups is 1. The molecule has 0 aliphatic heterocycles. The zero-order chi connectivity index (χ0) is 14.4. The van der Waals surface area contributed by atoms with E-state index in [9.17, 15) is 4.79 Å². The topological polar surface area (TPSA) is 52.3 Å². The molecule has 0 radical (unpaired) electrons. The lowest BCUT2D eigenvalue weighted by atomic mass is 10.2. The van der Waals surface area contributed by atoms with Gasteiger partial charge in [0.1, 0.15) is 6.26 Å². The zero-order valence-corrected chi connectivity index (χ0v) is 12.4. The van der Waals surface area contributed by atoms with Gasteiger partial charge in [-0.25, -0.2) is 4.98 Å². The van der Waals surface area contributed by atoms with E-state index in [0.29, 0.717) is 18.1 Å². The Hall–Kier alpha value is -1.75. The minimum atomic E-state index is -0.185. The Morgan fingerprint density at radius 3 is 2.85 bits per heavy atom. The summed E-state index contributed by atoms with van der Waals surface area (Å²) in [5.74, 6) is 1.16. The first kappa shape index (κ1) is 14.7. The smallest absolute Gasteiger partial charge is 0.306 e. The molecule has 2 aromatic rings. The van der Waals surface area contributed by atoms with Crippen molar-refractivity contribution in [1.82, 2.24) is 4.98 Å². The number of aromatic nitrogens is 1. The van der Waals surface area contributed by atoms with E-state index in [0.717, 1.165) is 11.3 Å². The molecule has 1 heterocycles. The molecular formula is C15H17NO3S. The highest BCUT2D eigenvalue weighted by Gasteiger charge is 2.12. The van der Waals surface area contributed by atoms with Crippen molar-refractivity contribution in [2.24, 2.45) is 0 Å². The summed E-state index contributed by atoms with van der Waals surface area (Å²) in [6, 6.07) is 9.78. The molecule has 20 heavy (non-hydrogen) atoms. The third kappa shape index (κ3) is 4.13. The predicted octanol–water partition coefficient (Wildman–Crippen LogP) is 3.53. The van der Waals surface area contributed by atoms with E-state index in [2.05, 4.69) is 9.72 Å². The number of carbonyl (C=O) groups excluding carboxylic acids is 1. The van der Waals surface area contributed by atoms with Gasteiger partial charge in [-0.15, -0.1) is 0 Å². The van der Waals surface area contributed by atoms with Crippen LogP contribution in [0.1, 0.15) is 19.0 Å². The number of hydrogen-bond acceptors (Lipinski definition) is 5. The van der Waals surface area contributed by atoms with E-state index in [1.165, 1.54) is 7.11 Å². The van der Waals surface area contributed by atoms with Crippen LogP contribution in [0.3, 0.4) is 0 Å². The Balaban J connectivity index is 1.89. The molecule has 0 aliphatic rings. The average Bonchev–Trinajstić information content (AvgIpc) is 2.95. The molecule has 106 valence electrons. The number of benzene rings is 1. The molecule has 1 aromatic carbocycles. The molecule has 1 atom stereocenters. The van der Waals surface area contributed by atoms with Crippen molar-refractivity contribution in [2.75, 3.05) is 7.11 Å². The molecule has 2 rings (SSSR count). The Morgan fingerprint density at radius 2 is 2.15 bits per heavy atom. The quantitative estimate of drug-likeness (QED) is 0.762. The maximum Gasteiger partial charge on any atom is 0.306 e. The van der Waals surface area contributed by atoms with Gasteiger partial charge in [0, 0.05) is 16.6 Å². The summed E-state index contributed by atoms with van der Waals surface area (Å²) < 4.78 is 10.1. The van der Waals surface area contributed by atoms with Gasteiger partial charge >= 0.3 is 5.97 Å². The number of methoxy groups -OCH3 is 1. The van der Waals surface area contributed by atoms with E-state index in [1.807, 2.05) is 37.3 Å². The highest BCUT2D eigenvalue weighted by molar-refractivity contribution is 7.99. The zero-order valence-electron chi connectivity index (χ0n) is 11.5.